The van der Waals surface area contributed by atoms with Crippen molar-refractivity contribution in [3.8, 4) is 5.75 Å². The quantitative estimate of drug-likeness (QED) is 0.498. The number of phenols is 1. The van der Waals surface area contributed by atoms with E-state index in [0.29, 0.717) is 0 Å². The Kier molecular flexibility index (Phi) is 2.67. The molecule has 4 nitrogen and oxygen atoms in total. The zero-order valence-corrected chi connectivity index (χ0v) is 10.4. The molecule has 3 N–H and O–H groups in total. The molecule has 1 aliphatic carbocycles. The van der Waals surface area contributed by atoms with Crippen LogP contribution in [0, 0.1) is 0 Å². The third-order valence-corrected chi connectivity index (χ3v) is 3.45. The maximum Gasteiger partial charge on any atom is 0.193 e. The summed E-state index contributed by atoms with van der Waals surface area (Å²) in [4.78, 5) is 23.8. The molecule has 0 radical (unpaired) electrons. The number of Topliss-reactive ketones (excluding diaryl/α,β-unsaturated/α-hetero) is 1. The number of aromatic hydroxyl groups is 1. The van der Waals surface area contributed by atoms with E-state index in [1.54, 1.807) is 0 Å². The topological polar surface area (TPSA) is 80.4 Å². The molecule has 0 saturated carbocycles. The van der Waals surface area contributed by atoms with Crippen LogP contribution < -0.4 is 5.73 Å². The largest absolute Gasteiger partial charge is 0.505 e. The summed E-state index contributed by atoms with van der Waals surface area (Å²) in [5.41, 5.74) is 5.70. The van der Waals surface area contributed by atoms with E-state index in [0.717, 1.165) is 0 Å². The SMILES string of the molecule is CC1=CC(=O)c2c(S)c(N)c(Cl)c(O)c2C1=O. The number of halogens is 1. The lowest BCUT2D eigenvalue weighted by Gasteiger charge is -2.18. The van der Waals surface area contributed by atoms with Gasteiger partial charge in [-0.2, -0.15) is 0 Å². The van der Waals surface area contributed by atoms with Crippen molar-refractivity contribution in [2.24, 2.45) is 0 Å². The van der Waals surface area contributed by atoms with Crippen LogP contribution in [0.4, 0.5) is 5.69 Å². The van der Waals surface area contributed by atoms with Crippen LogP contribution in [-0.2, 0) is 0 Å². The minimum absolute atomic E-state index is 0.00309. The second-order valence-corrected chi connectivity index (χ2v) is 4.52. The van der Waals surface area contributed by atoms with Crippen LogP contribution >= 0.6 is 24.2 Å². The number of allylic oxidation sites excluding steroid dienone is 2. The van der Waals surface area contributed by atoms with E-state index in [9.17, 15) is 14.7 Å². The van der Waals surface area contributed by atoms with Crippen LogP contribution in [-0.4, -0.2) is 16.7 Å². The van der Waals surface area contributed by atoms with Crippen molar-refractivity contribution in [1.82, 2.24) is 0 Å². The molecule has 0 aliphatic heterocycles. The lowest BCUT2D eigenvalue weighted by molar-refractivity contribution is 0.0980. The second-order valence-electron chi connectivity index (χ2n) is 3.70. The monoisotopic (exact) mass is 269 g/mol. The molecule has 0 spiro atoms. The normalized spacial score (nSPS) is 14.6. The predicted molar refractivity (Wildman–Crippen MR) is 67.2 cm³/mol. The van der Waals surface area contributed by atoms with Crippen LogP contribution in [0.5, 0.6) is 5.75 Å². The molecule has 6 heteroatoms. The van der Waals surface area contributed by atoms with Crippen molar-refractivity contribution in [3.05, 3.63) is 27.8 Å². The summed E-state index contributed by atoms with van der Waals surface area (Å²) in [6, 6.07) is 0. The van der Waals surface area contributed by atoms with Gasteiger partial charge in [0.05, 0.1) is 16.8 Å². The Hall–Kier alpha value is -1.46. The highest BCUT2D eigenvalue weighted by atomic mass is 35.5. The van der Waals surface area contributed by atoms with Gasteiger partial charge in [0.2, 0.25) is 0 Å². The highest BCUT2D eigenvalue weighted by molar-refractivity contribution is 7.80. The number of carbonyl (C=O) groups excluding carboxylic acids is 2. The number of nitrogen functional groups attached to an aromatic ring is 1. The van der Waals surface area contributed by atoms with Crippen LogP contribution in [0.2, 0.25) is 5.02 Å². The summed E-state index contributed by atoms with van der Waals surface area (Å²) in [5.74, 6) is -1.34. The van der Waals surface area contributed by atoms with Gasteiger partial charge in [0, 0.05) is 10.5 Å². The minimum Gasteiger partial charge on any atom is -0.505 e. The van der Waals surface area contributed by atoms with Crippen molar-refractivity contribution >= 4 is 41.5 Å². The van der Waals surface area contributed by atoms with Gasteiger partial charge in [-0.1, -0.05) is 11.6 Å². The maximum atomic E-state index is 11.9. The van der Waals surface area contributed by atoms with E-state index in [2.05, 4.69) is 12.6 Å². The van der Waals surface area contributed by atoms with Crippen LogP contribution in [0.15, 0.2) is 16.5 Å². The molecular formula is C11H8ClNO3S. The van der Waals surface area contributed by atoms with Gasteiger partial charge in [0.25, 0.3) is 0 Å². The molecule has 0 atom stereocenters. The van der Waals surface area contributed by atoms with E-state index in [1.165, 1.54) is 13.0 Å². The third-order valence-electron chi connectivity index (χ3n) is 2.60. The van der Waals surface area contributed by atoms with Gasteiger partial charge in [-0.05, 0) is 13.0 Å². The smallest absolute Gasteiger partial charge is 0.193 e. The highest BCUT2D eigenvalue weighted by Gasteiger charge is 2.31. The fourth-order valence-electron chi connectivity index (χ4n) is 1.71. The molecule has 1 aliphatic rings. The lowest BCUT2D eigenvalue weighted by atomic mass is 9.89. The number of anilines is 1. The van der Waals surface area contributed by atoms with Crippen molar-refractivity contribution in [1.29, 1.82) is 0 Å². The molecule has 17 heavy (non-hydrogen) atoms. The molecule has 2 rings (SSSR count). The van der Waals surface area contributed by atoms with Gasteiger partial charge in [-0.15, -0.1) is 12.6 Å². The number of hydrogen-bond acceptors (Lipinski definition) is 5. The van der Waals surface area contributed by atoms with Gasteiger partial charge in [-0.25, -0.2) is 0 Å². The molecule has 0 unspecified atom stereocenters. The standard InChI is InChI=1S/C11H8ClNO3S/c1-3-2-4(14)5-6(9(3)15)10(16)7(12)8(13)11(5)17/h2,16-17H,13H2,1H3. The van der Waals surface area contributed by atoms with Crippen molar-refractivity contribution < 1.29 is 14.7 Å². The summed E-state index contributed by atoms with van der Waals surface area (Å²) < 4.78 is 0. The Labute approximate surface area is 107 Å². The van der Waals surface area contributed by atoms with E-state index >= 15 is 0 Å². The number of carbonyl (C=O) groups is 2. The fourth-order valence-corrected chi connectivity index (χ4v) is 2.29. The molecule has 0 saturated heterocycles. The molecular weight excluding hydrogens is 262 g/mol. The van der Waals surface area contributed by atoms with Crippen molar-refractivity contribution in [2.45, 2.75) is 11.8 Å². The van der Waals surface area contributed by atoms with Crippen molar-refractivity contribution in [3.63, 3.8) is 0 Å². The summed E-state index contributed by atoms with van der Waals surface area (Å²) >= 11 is 9.85. The minimum atomic E-state index is -0.470. The summed E-state index contributed by atoms with van der Waals surface area (Å²) in [7, 11) is 0. The fraction of sp³-hybridized carbons (Fsp3) is 0.0909. The van der Waals surface area contributed by atoms with Crippen LogP contribution in [0.3, 0.4) is 0 Å². The van der Waals surface area contributed by atoms with E-state index in [1.807, 2.05) is 0 Å². The maximum absolute atomic E-state index is 11.9. The Bertz CT molecular complexity index is 607. The number of nitrogens with two attached hydrogens (primary N) is 1. The second kappa shape index (κ2) is 3.78. The molecule has 0 bridgehead atoms. The first-order valence-electron chi connectivity index (χ1n) is 4.66. The van der Waals surface area contributed by atoms with Gasteiger partial charge in [-0.3, -0.25) is 9.59 Å². The molecule has 88 valence electrons. The van der Waals surface area contributed by atoms with Crippen molar-refractivity contribution in [2.75, 3.05) is 5.73 Å². The third kappa shape index (κ3) is 1.54. The summed E-state index contributed by atoms with van der Waals surface area (Å²) in [6.45, 7) is 1.49. The molecule has 1 aromatic carbocycles. The Morgan fingerprint density at radius 2 is 1.94 bits per heavy atom. The van der Waals surface area contributed by atoms with Gasteiger partial charge in [0.15, 0.2) is 11.6 Å². The lowest BCUT2D eigenvalue weighted by Crippen LogP contribution is -2.17. The zero-order valence-electron chi connectivity index (χ0n) is 8.74. The average Bonchev–Trinajstić information content (AvgIpc) is 2.28. The number of hydrogen-bond donors (Lipinski definition) is 3. The predicted octanol–water partition coefficient (Wildman–Crippen LogP) is 2.24. The van der Waals surface area contributed by atoms with E-state index < -0.39 is 17.3 Å². The number of fused-ring (bicyclic) bond motifs is 1. The van der Waals surface area contributed by atoms with E-state index in [4.69, 9.17) is 17.3 Å². The first-order chi connectivity index (χ1) is 7.86. The number of phenolic OH excluding ortho intramolecular Hbond substituents is 1. The molecule has 0 fully saturated rings. The molecule has 0 aromatic heterocycles. The van der Waals surface area contributed by atoms with E-state index in [-0.39, 0.29) is 32.3 Å². The number of benzene rings is 1. The van der Waals surface area contributed by atoms with Gasteiger partial charge in [0.1, 0.15) is 10.8 Å². The molecule has 1 aromatic rings. The van der Waals surface area contributed by atoms with Crippen LogP contribution in [0.25, 0.3) is 0 Å². The zero-order chi connectivity index (χ0) is 12.9. The summed E-state index contributed by atoms with van der Waals surface area (Å²) in [6.07, 6.45) is 1.19. The number of thiol groups is 1. The molecule has 0 amide bonds. The Balaban J connectivity index is 2.93. The summed E-state index contributed by atoms with van der Waals surface area (Å²) in [5, 5.41) is 9.65. The van der Waals surface area contributed by atoms with Gasteiger partial charge >= 0.3 is 0 Å². The Morgan fingerprint density at radius 3 is 2.53 bits per heavy atom. The first kappa shape index (κ1) is 12.0. The highest BCUT2D eigenvalue weighted by Crippen LogP contribution is 2.43. The van der Waals surface area contributed by atoms with Crippen LogP contribution in [0.1, 0.15) is 27.6 Å². The number of ketones is 2. The van der Waals surface area contributed by atoms with Gasteiger partial charge < -0.3 is 10.8 Å². The average molecular weight is 270 g/mol. The first-order valence-corrected chi connectivity index (χ1v) is 5.49. The number of rotatable bonds is 0. The Morgan fingerprint density at radius 1 is 1.35 bits per heavy atom. The molecule has 0 heterocycles.